The van der Waals surface area contributed by atoms with E-state index in [1.807, 2.05) is 0 Å². The van der Waals surface area contributed by atoms with E-state index in [0.29, 0.717) is 17.1 Å². The van der Waals surface area contributed by atoms with Crippen LogP contribution in [0.4, 0.5) is 0 Å². The van der Waals surface area contributed by atoms with Crippen molar-refractivity contribution in [1.29, 1.82) is 0 Å². The lowest BCUT2D eigenvalue weighted by molar-refractivity contribution is -0.311. The van der Waals surface area contributed by atoms with Gasteiger partial charge in [0.25, 0.3) is 5.91 Å². The van der Waals surface area contributed by atoms with Gasteiger partial charge in [-0.1, -0.05) is 36.1 Å². The number of carboxylic acids is 1. The maximum atomic E-state index is 12.5. The molecule has 2 rings (SSSR count). The summed E-state index contributed by atoms with van der Waals surface area (Å²) in [7, 11) is 2.96. The van der Waals surface area contributed by atoms with Crippen LogP contribution in [0.25, 0.3) is 6.08 Å². The van der Waals surface area contributed by atoms with Crippen LogP contribution in [0, 0.1) is 0 Å². The van der Waals surface area contributed by atoms with E-state index in [0.717, 1.165) is 16.7 Å². The average molecular weight is 368 g/mol. The second-order valence-electron chi connectivity index (χ2n) is 4.65. The van der Waals surface area contributed by atoms with E-state index in [-0.39, 0.29) is 9.23 Å². The molecular formula is C15H14NO6S2-. The lowest BCUT2D eigenvalue weighted by Gasteiger charge is -2.25. The number of rotatable bonds is 6. The topological polar surface area (TPSA) is 99.1 Å². The first kappa shape index (κ1) is 18.2. The van der Waals surface area contributed by atoms with Gasteiger partial charge in [0.1, 0.15) is 10.4 Å². The van der Waals surface area contributed by atoms with Crippen LogP contribution in [0.1, 0.15) is 5.56 Å². The number of para-hydroxylation sites is 1. The molecule has 0 spiro atoms. The molecule has 1 amide bonds. The lowest BCUT2D eigenvalue weighted by atomic mass is 10.1. The van der Waals surface area contributed by atoms with Gasteiger partial charge in [0.2, 0.25) is 0 Å². The van der Waals surface area contributed by atoms with E-state index < -0.39 is 24.5 Å². The van der Waals surface area contributed by atoms with Gasteiger partial charge in [-0.15, -0.1) is 0 Å². The van der Waals surface area contributed by atoms with Crippen LogP contribution in [0.2, 0.25) is 0 Å². The maximum absolute atomic E-state index is 12.5. The van der Waals surface area contributed by atoms with Gasteiger partial charge in [0, 0.05) is 5.56 Å². The molecule has 7 nitrogen and oxygen atoms in total. The third-order valence-corrected chi connectivity index (χ3v) is 4.63. The Hall–Kier alpha value is -2.10. The van der Waals surface area contributed by atoms with E-state index in [4.69, 9.17) is 21.7 Å². The number of ether oxygens (including phenoxy) is 2. The van der Waals surface area contributed by atoms with Crippen LogP contribution < -0.4 is 14.6 Å². The number of nitrogens with zero attached hydrogens (tertiary/aromatic N) is 1. The second kappa shape index (κ2) is 7.65. The van der Waals surface area contributed by atoms with Gasteiger partial charge in [0.05, 0.1) is 31.7 Å². The molecule has 1 aliphatic heterocycles. The number of thiocarbonyl (C=S) groups is 1. The van der Waals surface area contributed by atoms with E-state index in [1.165, 1.54) is 20.3 Å². The summed E-state index contributed by atoms with van der Waals surface area (Å²) in [4.78, 5) is 24.6. The standard InChI is InChI=1S/C15H15NO6S2/c1-21-10-5-3-4-8(12(10)22-2)6-11-13(18)16(15(23)24-11)9(7-17)14(19)20/h3-6,9,17H,7H2,1-2H3,(H,19,20)/p-1/b11-6-/t9-/m1/s1. The van der Waals surface area contributed by atoms with Crippen molar-refractivity contribution < 1.29 is 29.3 Å². The van der Waals surface area contributed by atoms with E-state index in [1.54, 1.807) is 18.2 Å². The summed E-state index contributed by atoms with van der Waals surface area (Å²) in [5.41, 5.74) is 0.575. The minimum atomic E-state index is -1.57. The number of aliphatic carboxylic acids is 1. The number of aliphatic hydroxyl groups excluding tert-OH is 1. The highest BCUT2D eigenvalue weighted by atomic mass is 32.2. The Morgan fingerprint density at radius 3 is 2.71 bits per heavy atom. The Kier molecular flexibility index (Phi) is 5.81. The first-order chi connectivity index (χ1) is 11.4. The van der Waals surface area contributed by atoms with Gasteiger partial charge in [-0.25, -0.2) is 0 Å². The largest absolute Gasteiger partial charge is 0.548 e. The SMILES string of the molecule is COc1cccc(/C=C2\SC(=S)N([C@H](CO)C(=O)[O-])C2=O)c1OC. The molecule has 0 unspecified atom stereocenters. The summed E-state index contributed by atoms with van der Waals surface area (Å²) >= 11 is 5.99. The number of aliphatic hydroxyl groups is 1. The fraction of sp³-hybridized carbons (Fsp3) is 0.267. The number of methoxy groups -OCH3 is 2. The van der Waals surface area contributed by atoms with Gasteiger partial charge < -0.3 is 24.5 Å². The number of thioether (sulfide) groups is 1. The summed E-state index contributed by atoms with van der Waals surface area (Å²) in [5.74, 6) is -1.26. The minimum Gasteiger partial charge on any atom is -0.548 e. The van der Waals surface area contributed by atoms with Crippen LogP contribution >= 0.6 is 24.0 Å². The predicted molar refractivity (Wildman–Crippen MR) is 90.4 cm³/mol. The fourth-order valence-electron chi connectivity index (χ4n) is 2.18. The zero-order valence-electron chi connectivity index (χ0n) is 12.8. The highest BCUT2D eigenvalue weighted by Gasteiger charge is 2.37. The van der Waals surface area contributed by atoms with Crippen molar-refractivity contribution >= 4 is 46.3 Å². The zero-order valence-corrected chi connectivity index (χ0v) is 14.5. The Morgan fingerprint density at radius 1 is 1.46 bits per heavy atom. The maximum Gasteiger partial charge on any atom is 0.266 e. The summed E-state index contributed by atoms with van der Waals surface area (Å²) in [6.45, 7) is -0.787. The quantitative estimate of drug-likeness (QED) is 0.554. The molecule has 1 saturated heterocycles. The summed E-state index contributed by atoms with van der Waals surface area (Å²) in [6.07, 6.45) is 1.53. The van der Waals surface area contributed by atoms with Crippen molar-refractivity contribution in [2.75, 3.05) is 20.8 Å². The molecule has 1 fully saturated rings. The second-order valence-corrected chi connectivity index (χ2v) is 6.33. The number of hydrogen-bond acceptors (Lipinski definition) is 8. The molecule has 0 aliphatic carbocycles. The van der Waals surface area contributed by atoms with Crippen molar-refractivity contribution in [2.45, 2.75) is 6.04 Å². The van der Waals surface area contributed by atoms with Gasteiger partial charge >= 0.3 is 0 Å². The molecule has 9 heteroatoms. The predicted octanol–water partition coefficient (Wildman–Crippen LogP) is 0.0158. The number of benzene rings is 1. The Morgan fingerprint density at radius 2 is 2.17 bits per heavy atom. The first-order valence-corrected chi connectivity index (χ1v) is 7.96. The van der Waals surface area contributed by atoms with Crippen LogP contribution in [-0.4, -0.2) is 53.1 Å². The minimum absolute atomic E-state index is 0.0383. The van der Waals surface area contributed by atoms with Crippen molar-refractivity contribution in [3.05, 3.63) is 28.7 Å². The van der Waals surface area contributed by atoms with E-state index >= 15 is 0 Å². The monoisotopic (exact) mass is 368 g/mol. The molecule has 1 N–H and O–H groups in total. The number of carboxylic acid groups (broad SMARTS) is 1. The lowest BCUT2D eigenvalue weighted by Crippen LogP contribution is -2.51. The van der Waals surface area contributed by atoms with Gasteiger partial charge in [-0.05, 0) is 12.1 Å². The Bertz CT molecular complexity index is 718. The van der Waals surface area contributed by atoms with E-state index in [9.17, 15) is 19.8 Å². The van der Waals surface area contributed by atoms with Crippen molar-refractivity contribution in [3.63, 3.8) is 0 Å². The third-order valence-electron chi connectivity index (χ3n) is 3.30. The first-order valence-electron chi connectivity index (χ1n) is 6.74. The molecule has 0 aromatic heterocycles. The average Bonchev–Trinajstić information content (AvgIpc) is 2.82. The van der Waals surface area contributed by atoms with Crippen molar-refractivity contribution in [2.24, 2.45) is 0 Å². The highest BCUT2D eigenvalue weighted by molar-refractivity contribution is 8.26. The molecular weight excluding hydrogens is 354 g/mol. The fourth-order valence-corrected chi connectivity index (χ4v) is 3.52. The number of carbonyl (C=O) groups is 2. The zero-order chi connectivity index (χ0) is 17.9. The third kappa shape index (κ3) is 3.37. The smallest absolute Gasteiger partial charge is 0.266 e. The van der Waals surface area contributed by atoms with Crippen LogP contribution in [0.15, 0.2) is 23.1 Å². The molecule has 0 saturated carbocycles. The molecule has 0 bridgehead atoms. The summed E-state index contributed by atoms with van der Waals surface area (Å²) in [5, 5.41) is 20.2. The van der Waals surface area contributed by atoms with Crippen molar-refractivity contribution in [1.82, 2.24) is 4.90 Å². The summed E-state index contributed by atoms with van der Waals surface area (Å²) < 4.78 is 10.5. The number of carbonyl (C=O) groups excluding carboxylic acids is 2. The van der Waals surface area contributed by atoms with Gasteiger partial charge in [0.15, 0.2) is 11.5 Å². The molecule has 24 heavy (non-hydrogen) atoms. The normalized spacial score (nSPS) is 17.3. The molecule has 1 aromatic rings. The number of hydrogen-bond donors (Lipinski definition) is 1. The molecule has 1 aromatic carbocycles. The van der Waals surface area contributed by atoms with Crippen LogP contribution in [-0.2, 0) is 9.59 Å². The number of amides is 1. The molecule has 1 atom stereocenters. The van der Waals surface area contributed by atoms with Gasteiger partial charge in [-0.2, -0.15) is 0 Å². The summed E-state index contributed by atoms with van der Waals surface area (Å²) in [6, 6.07) is 3.64. The van der Waals surface area contributed by atoms with Crippen LogP contribution in [0.3, 0.4) is 0 Å². The Labute approximate surface area is 147 Å². The molecule has 1 heterocycles. The van der Waals surface area contributed by atoms with E-state index in [2.05, 4.69) is 0 Å². The highest BCUT2D eigenvalue weighted by Crippen LogP contribution is 2.37. The van der Waals surface area contributed by atoms with Crippen LogP contribution in [0.5, 0.6) is 11.5 Å². The van der Waals surface area contributed by atoms with Crippen molar-refractivity contribution in [3.8, 4) is 11.5 Å². The van der Waals surface area contributed by atoms with Gasteiger partial charge in [-0.3, -0.25) is 9.69 Å². The molecule has 1 aliphatic rings. The Balaban J connectivity index is 2.41. The molecule has 128 valence electrons. The molecule has 0 radical (unpaired) electrons.